The van der Waals surface area contributed by atoms with Gasteiger partial charge in [0, 0.05) is 44.2 Å². The zero-order valence-electron chi connectivity index (χ0n) is 14.9. The quantitative estimate of drug-likeness (QED) is 0.832. The molecule has 0 unspecified atom stereocenters. The number of carbonyl (C=O) groups is 1. The third-order valence-electron chi connectivity index (χ3n) is 5.93. The molecule has 1 aromatic rings. The highest BCUT2D eigenvalue weighted by atomic mass is 16.2. The molecule has 25 heavy (non-hydrogen) atoms. The fraction of sp³-hybridized carbons (Fsp3) is 0.737. The lowest BCUT2D eigenvalue weighted by Gasteiger charge is -2.40. The van der Waals surface area contributed by atoms with Crippen molar-refractivity contribution in [3.8, 4) is 0 Å². The Morgan fingerprint density at radius 3 is 2.40 bits per heavy atom. The van der Waals surface area contributed by atoms with Crippen LogP contribution >= 0.6 is 0 Å². The van der Waals surface area contributed by atoms with Crippen LogP contribution in [0.1, 0.15) is 56.6 Å². The third kappa shape index (κ3) is 3.94. The second-order valence-corrected chi connectivity index (χ2v) is 7.74. The largest absolute Gasteiger partial charge is 0.339 e. The van der Waals surface area contributed by atoms with E-state index in [1.165, 1.54) is 36.8 Å². The highest BCUT2D eigenvalue weighted by molar-refractivity contribution is 5.76. The molecule has 136 valence electrons. The Labute approximate surface area is 148 Å². The van der Waals surface area contributed by atoms with Gasteiger partial charge in [-0.3, -0.25) is 14.5 Å². The first-order chi connectivity index (χ1) is 12.2. The Morgan fingerprint density at radius 2 is 1.72 bits per heavy atom. The predicted molar refractivity (Wildman–Crippen MR) is 95.5 cm³/mol. The van der Waals surface area contributed by atoms with Gasteiger partial charge >= 0.3 is 0 Å². The predicted octanol–water partition coefficient (Wildman–Crippen LogP) is 1.60. The molecule has 4 rings (SSSR count). The van der Waals surface area contributed by atoms with Crippen LogP contribution in [0.4, 0.5) is 0 Å². The summed E-state index contributed by atoms with van der Waals surface area (Å²) in [7, 11) is 0. The van der Waals surface area contributed by atoms with Gasteiger partial charge in [-0.2, -0.15) is 5.10 Å². The number of hydrogen-bond acceptors (Lipinski definition) is 4. The van der Waals surface area contributed by atoms with E-state index in [-0.39, 0.29) is 18.0 Å². The fourth-order valence-electron chi connectivity index (χ4n) is 4.19. The summed E-state index contributed by atoms with van der Waals surface area (Å²) in [5.41, 5.74) is 0.771. The second-order valence-electron chi connectivity index (χ2n) is 7.74. The molecule has 0 bridgehead atoms. The lowest BCUT2D eigenvalue weighted by molar-refractivity contribution is -0.134. The van der Waals surface area contributed by atoms with Crippen LogP contribution in [0, 0.1) is 0 Å². The summed E-state index contributed by atoms with van der Waals surface area (Å²) in [5, 5.41) is 4.40. The zero-order chi connectivity index (χ0) is 17.2. The van der Waals surface area contributed by atoms with Crippen molar-refractivity contribution in [1.82, 2.24) is 19.6 Å². The number of nitrogens with zero attached hydrogens (tertiary/aromatic N) is 4. The first kappa shape index (κ1) is 16.8. The highest BCUT2D eigenvalue weighted by Crippen LogP contribution is 2.38. The molecule has 2 heterocycles. The smallest absolute Gasteiger partial charge is 0.267 e. The maximum absolute atomic E-state index is 12.6. The molecular weight excluding hydrogens is 316 g/mol. The third-order valence-corrected chi connectivity index (χ3v) is 5.93. The monoisotopic (exact) mass is 344 g/mol. The molecular formula is C19H28N4O2. The summed E-state index contributed by atoms with van der Waals surface area (Å²) >= 11 is 0. The Bertz CT molecular complexity index is 668. The van der Waals surface area contributed by atoms with E-state index in [9.17, 15) is 9.59 Å². The van der Waals surface area contributed by atoms with Crippen LogP contribution < -0.4 is 5.56 Å². The summed E-state index contributed by atoms with van der Waals surface area (Å²) in [5.74, 6) is 0.506. The normalized spacial score (nSPS) is 23.0. The Kier molecular flexibility index (Phi) is 4.88. The van der Waals surface area contributed by atoms with Crippen LogP contribution in [-0.4, -0.2) is 57.7 Å². The molecule has 3 fully saturated rings. The molecule has 3 aliphatic rings. The van der Waals surface area contributed by atoms with Gasteiger partial charge in [-0.1, -0.05) is 19.3 Å². The minimum absolute atomic E-state index is 0.0193. The first-order valence-electron chi connectivity index (χ1n) is 9.80. The maximum Gasteiger partial charge on any atom is 0.267 e. The molecule has 1 aromatic heterocycles. The van der Waals surface area contributed by atoms with E-state index in [1.54, 1.807) is 6.07 Å². The van der Waals surface area contributed by atoms with Gasteiger partial charge in [-0.25, -0.2) is 4.68 Å². The molecule has 0 radical (unpaired) electrons. The molecule has 0 N–H and O–H groups in total. The van der Waals surface area contributed by atoms with Crippen LogP contribution in [0.15, 0.2) is 16.9 Å². The fourth-order valence-corrected chi connectivity index (χ4v) is 4.19. The Balaban J connectivity index is 1.33. The summed E-state index contributed by atoms with van der Waals surface area (Å²) in [6, 6.07) is 4.07. The number of hydrogen-bond donors (Lipinski definition) is 0. The number of amides is 1. The van der Waals surface area contributed by atoms with Crippen LogP contribution in [0.3, 0.4) is 0 Å². The van der Waals surface area contributed by atoms with Crippen LogP contribution in [0.25, 0.3) is 0 Å². The first-order valence-corrected chi connectivity index (χ1v) is 9.80. The van der Waals surface area contributed by atoms with Crippen molar-refractivity contribution < 1.29 is 4.79 Å². The van der Waals surface area contributed by atoms with Gasteiger partial charge in [0.25, 0.3) is 5.56 Å². The van der Waals surface area contributed by atoms with Crippen molar-refractivity contribution in [3.05, 3.63) is 28.2 Å². The Morgan fingerprint density at radius 1 is 1.00 bits per heavy atom. The van der Waals surface area contributed by atoms with E-state index < -0.39 is 0 Å². The van der Waals surface area contributed by atoms with Crippen LogP contribution in [-0.2, 0) is 11.3 Å². The van der Waals surface area contributed by atoms with Gasteiger partial charge in [-0.15, -0.1) is 0 Å². The van der Waals surface area contributed by atoms with Gasteiger partial charge in [0.2, 0.25) is 5.91 Å². The molecule has 6 heteroatoms. The van der Waals surface area contributed by atoms with Gasteiger partial charge < -0.3 is 4.90 Å². The van der Waals surface area contributed by atoms with E-state index in [0.717, 1.165) is 44.7 Å². The lowest BCUT2D eigenvalue weighted by atomic mass is 9.94. The van der Waals surface area contributed by atoms with Crippen molar-refractivity contribution in [2.75, 3.05) is 26.2 Å². The van der Waals surface area contributed by atoms with Gasteiger partial charge in [0.1, 0.15) is 6.54 Å². The Hall–Kier alpha value is -1.69. The van der Waals surface area contributed by atoms with E-state index in [0.29, 0.717) is 12.0 Å². The average molecular weight is 344 g/mol. The van der Waals surface area contributed by atoms with Crippen molar-refractivity contribution in [1.29, 1.82) is 0 Å². The molecule has 1 aliphatic heterocycles. The minimum Gasteiger partial charge on any atom is -0.339 e. The summed E-state index contributed by atoms with van der Waals surface area (Å²) < 4.78 is 1.35. The number of carbonyl (C=O) groups excluding carboxylic acids is 1. The average Bonchev–Trinajstić information content (AvgIpc) is 3.49. The zero-order valence-corrected chi connectivity index (χ0v) is 14.9. The van der Waals surface area contributed by atoms with Crippen LogP contribution in [0.2, 0.25) is 0 Å². The molecule has 1 amide bonds. The van der Waals surface area contributed by atoms with Crippen LogP contribution in [0.5, 0.6) is 0 Å². The topological polar surface area (TPSA) is 58.4 Å². The van der Waals surface area contributed by atoms with Crippen molar-refractivity contribution in [2.45, 2.75) is 63.5 Å². The van der Waals surface area contributed by atoms with Crippen molar-refractivity contribution >= 4 is 5.91 Å². The van der Waals surface area contributed by atoms with Gasteiger partial charge in [0.15, 0.2) is 0 Å². The summed E-state index contributed by atoms with van der Waals surface area (Å²) in [6.45, 7) is 3.53. The molecule has 6 nitrogen and oxygen atoms in total. The minimum atomic E-state index is -0.182. The molecule has 2 saturated carbocycles. The molecule has 0 aromatic carbocycles. The van der Waals surface area contributed by atoms with Crippen molar-refractivity contribution in [3.63, 3.8) is 0 Å². The highest BCUT2D eigenvalue weighted by Gasteiger charge is 2.28. The standard InChI is InChI=1S/C19H28N4O2/c24-18-9-8-17(15-6-7-15)20-23(18)14-19(25)22-12-10-21(11-13-22)16-4-2-1-3-5-16/h8-9,15-16H,1-7,10-14H2. The SMILES string of the molecule is O=C(Cn1nc(C2CC2)ccc1=O)N1CCN(C2CCCCC2)CC1. The second kappa shape index (κ2) is 7.28. The molecule has 0 atom stereocenters. The molecule has 2 aliphatic carbocycles. The number of rotatable bonds is 4. The van der Waals surface area contributed by atoms with Crippen molar-refractivity contribution in [2.24, 2.45) is 0 Å². The lowest BCUT2D eigenvalue weighted by Crippen LogP contribution is -2.53. The van der Waals surface area contributed by atoms with E-state index in [1.807, 2.05) is 11.0 Å². The number of piperazine rings is 1. The van der Waals surface area contributed by atoms with E-state index >= 15 is 0 Å². The summed E-state index contributed by atoms with van der Waals surface area (Å²) in [6.07, 6.45) is 8.95. The summed E-state index contributed by atoms with van der Waals surface area (Å²) in [4.78, 5) is 29.1. The van der Waals surface area contributed by atoms with E-state index in [2.05, 4.69) is 10.00 Å². The molecule has 0 spiro atoms. The van der Waals surface area contributed by atoms with Gasteiger partial charge in [-0.05, 0) is 31.7 Å². The van der Waals surface area contributed by atoms with E-state index in [4.69, 9.17) is 0 Å². The number of aromatic nitrogens is 2. The van der Waals surface area contributed by atoms with Gasteiger partial charge in [0.05, 0.1) is 5.69 Å². The maximum atomic E-state index is 12.6. The molecule has 1 saturated heterocycles.